The van der Waals surface area contributed by atoms with Gasteiger partial charge in [-0.25, -0.2) is 4.79 Å². The number of carbonyl (C=O) groups excluding carboxylic acids is 2. The van der Waals surface area contributed by atoms with Crippen molar-refractivity contribution >= 4 is 18.0 Å². The predicted molar refractivity (Wildman–Crippen MR) is 107 cm³/mol. The Kier molecular flexibility index (Phi) is 6.55. The van der Waals surface area contributed by atoms with Gasteiger partial charge in [0, 0.05) is 6.54 Å². The largest absolute Gasteiger partial charge is 0.497 e. The van der Waals surface area contributed by atoms with Gasteiger partial charge < -0.3 is 24.3 Å². The Morgan fingerprint density at radius 1 is 1.20 bits per heavy atom. The van der Waals surface area contributed by atoms with E-state index in [2.05, 4.69) is 5.32 Å². The molecule has 8 nitrogen and oxygen atoms in total. The first-order chi connectivity index (χ1) is 14.5. The van der Waals surface area contributed by atoms with Crippen LogP contribution >= 0.6 is 0 Å². The summed E-state index contributed by atoms with van der Waals surface area (Å²) in [7, 11) is 1.54. The van der Waals surface area contributed by atoms with Crippen LogP contribution in [0.5, 0.6) is 17.2 Å². The highest BCUT2D eigenvalue weighted by Gasteiger charge is 2.21. The molecule has 0 aromatic heterocycles. The van der Waals surface area contributed by atoms with Crippen LogP contribution in [0.2, 0.25) is 0 Å². The van der Waals surface area contributed by atoms with E-state index in [1.165, 1.54) is 13.0 Å². The maximum Gasteiger partial charge on any atom is 0.349 e. The molecule has 154 valence electrons. The monoisotopic (exact) mass is 408 g/mol. The Morgan fingerprint density at radius 3 is 2.63 bits per heavy atom. The molecule has 2 aromatic rings. The average molecular weight is 408 g/mol. The first kappa shape index (κ1) is 20.7. The highest BCUT2D eigenvalue weighted by molar-refractivity contribution is 5.99. The van der Waals surface area contributed by atoms with Crippen LogP contribution in [0, 0.1) is 11.3 Å². The fourth-order valence-electron chi connectivity index (χ4n) is 2.67. The van der Waals surface area contributed by atoms with Crippen molar-refractivity contribution in [2.75, 3.05) is 13.9 Å². The molecule has 1 atom stereocenters. The molecule has 0 saturated carbocycles. The number of hydrogen-bond donors (Lipinski definition) is 1. The molecule has 3 rings (SSSR count). The molecule has 1 aliphatic rings. The molecule has 0 bridgehead atoms. The number of amides is 1. The molecule has 0 spiro atoms. The quantitative estimate of drug-likeness (QED) is 0.426. The SMILES string of the molecule is COc1ccc(/C=C(\C#N)C(=O)O[C@H](C)C(=O)NCc2ccc3c(c2)OCO3)cc1. The first-order valence-corrected chi connectivity index (χ1v) is 9.13. The summed E-state index contributed by atoms with van der Waals surface area (Å²) >= 11 is 0. The van der Waals surface area contributed by atoms with E-state index in [1.54, 1.807) is 55.6 Å². The lowest BCUT2D eigenvalue weighted by Crippen LogP contribution is -2.35. The molecule has 8 heteroatoms. The second-order valence-corrected chi connectivity index (χ2v) is 6.40. The topological polar surface area (TPSA) is 107 Å². The van der Waals surface area contributed by atoms with Gasteiger partial charge in [0.2, 0.25) is 6.79 Å². The molecule has 1 aliphatic heterocycles. The summed E-state index contributed by atoms with van der Waals surface area (Å²) < 4.78 is 20.7. The van der Waals surface area contributed by atoms with Gasteiger partial charge >= 0.3 is 5.97 Å². The lowest BCUT2D eigenvalue weighted by atomic mass is 10.1. The van der Waals surface area contributed by atoms with E-state index in [9.17, 15) is 14.9 Å². The molecule has 1 amide bonds. The predicted octanol–water partition coefficient (Wildman–Crippen LogP) is 2.58. The number of esters is 1. The number of methoxy groups -OCH3 is 1. The summed E-state index contributed by atoms with van der Waals surface area (Å²) in [5, 5.41) is 12.0. The van der Waals surface area contributed by atoms with Crippen LogP contribution in [0.15, 0.2) is 48.0 Å². The van der Waals surface area contributed by atoms with Crippen molar-refractivity contribution in [2.24, 2.45) is 0 Å². The van der Waals surface area contributed by atoms with Gasteiger partial charge in [-0.05, 0) is 48.4 Å². The van der Waals surface area contributed by atoms with E-state index in [1.807, 2.05) is 0 Å². The smallest absolute Gasteiger partial charge is 0.349 e. The second kappa shape index (κ2) is 9.47. The minimum atomic E-state index is -1.07. The van der Waals surface area contributed by atoms with Crippen molar-refractivity contribution < 1.29 is 28.5 Å². The van der Waals surface area contributed by atoms with E-state index < -0.39 is 18.0 Å². The van der Waals surface area contributed by atoms with Crippen molar-refractivity contribution in [3.05, 3.63) is 59.2 Å². The fraction of sp³-hybridized carbons (Fsp3) is 0.227. The lowest BCUT2D eigenvalue weighted by molar-refractivity contribution is -0.150. The molecular formula is C22H20N2O6. The number of fused-ring (bicyclic) bond motifs is 1. The van der Waals surface area contributed by atoms with Crippen LogP contribution in [0.1, 0.15) is 18.1 Å². The summed E-state index contributed by atoms with van der Waals surface area (Å²) in [4.78, 5) is 24.5. The molecule has 1 N–H and O–H groups in total. The first-order valence-electron chi connectivity index (χ1n) is 9.13. The van der Waals surface area contributed by atoms with Gasteiger partial charge in [-0.2, -0.15) is 5.26 Å². The molecule has 0 radical (unpaired) electrons. The molecule has 1 heterocycles. The maximum absolute atomic E-state index is 12.3. The van der Waals surface area contributed by atoms with E-state index in [0.29, 0.717) is 22.8 Å². The number of rotatable bonds is 7. The summed E-state index contributed by atoms with van der Waals surface area (Å²) in [6.45, 7) is 1.84. The number of ether oxygens (including phenoxy) is 4. The van der Waals surface area contributed by atoms with Crippen molar-refractivity contribution in [1.82, 2.24) is 5.32 Å². The van der Waals surface area contributed by atoms with Gasteiger partial charge in [0.15, 0.2) is 17.6 Å². The van der Waals surface area contributed by atoms with Crippen molar-refractivity contribution in [3.8, 4) is 23.3 Å². The van der Waals surface area contributed by atoms with Gasteiger partial charge in [-0.1, -0.05) is 18.2 Å². The number of nitrogens with one attached hydrogen (secondary N) is 1. The molecule has 0 aliphatic carbocycles. The number of carbonyl (C=O) groups is 2. The van der Waals surface area contributed by atoms with Gasteiger partial charge in [-0.15, -0.1) is 0 Å². The lowest BCUT2D eigenvalue weighted by Gasteiger charge is -2.13. The van der Waals surface area contributed by atoms with E-state index in [-0.39, 0.29) is 18.9 Å². The van der Waals surface area contributed by atoms with E-state index in [4.69, 9.17) is 18.9 Å². The van der Waals surface area contributed by atoms with Gasteiger partial charge in [-0.3, -0.25) is 4.79 Å². The highest BCUT2D eigenvalue weighted by atomic mass is 16.7. The van der Waals surface area contributed by atoms with Crippen molar-refractivity contribution in [2.45, 2.75) is 19.6 Å². The molecular weight excluding hydrogens is 388 g/mol. The normalized spacial score (nSPS) is 13.2. The zero-order chi connectivity index (χ0) is 21.5. The molecule has 0 saturated heterocycles. The van der Waals surface area contributed by atoms with Crippen LogP contribution in [0.4, 0.5) is 0 Å². The molecule has 0 unspecified atom stereocenters. The maximum atomic E-state index is 12.3. The zero-order valence-corrected chi connectivity index (χ0v) is 16.5. The van der Waals surface area contributed by atoms with Crippen LogP contribution in [-0.2, 0) is 20.9 Å². The Balaban J connectivity index is 1.55. The summed E-state index contributed by atoms with van der Waals surface area (Å²) in [5.74, 6) is 0.561. The average Bonchev–Trinajstić information content (AvgIpc) is 3.23. The Labute approximate surface area is 173 Å². The van der Waals surface area contributed by atoms with Crippen molar-refractivity contribution in [3.63, 3.8) is 0 Å². The minimum absolute atomic E-state index is 0.170. The Morgan fingerprint density at radius 2 is 1.93 bits per heavy atom. The van der Waals surface area contributed by atoms with Crippen LogP contribution in [0.25, 0.3) is 6.08 Å². The second-order valence-electron chi connectivity index (χ2n) is 6.40. The summed E-state index contributed by atoms with van der Waals surface area (Å²) in [6.07, 6.45) is 0.318. The number of nitrogens with zero attached hydrogens (tertiary/aromatic N) is 1. The van der Waals surface area contributed by atoms with Crippen LogP contribution in [0.3, 0.4) is 0 Å². The molecule has 2 aromatic carbocycles. The van der Waals surface area contributed by atoms with Gasteiger partial charge in [0.05, 0.1) is 7.11 Å². The number of hydrogen-bond acceptors (Lipinski definition) is 7. The summed E-state index contributed by atoms with van der Waals surface area (Å²) in [5.41, 5.74) is 1.23. The third kappa shape index (κ3) is 5.08. The van der Waals surface area contributed by atoms with Gasteiger partial charge in [0.1, 0.15) is 17.4 Å². The Bertz CT molecular complexity index is 1010. The van der Waals surface area contributed by atoms with E-state index >= 15 is 0 Å². The minimum Gasteiger partial charge on any atom is -0.497 e. The van der Waals surface area contributed by atoms with Crippen molar-refractivity contribution in [1.29, 1.82) is 5.26 Å². The van der Waals surface area contributed by atoms with Crippen LogP contribution in [-0.4, -0.2) is 31.9 Å². The summed E-state index contributed by atoms with van der Waals surface area (Å²) in [6, 6.07) is 13.9. The molecule has 0 fully saturated rings. The highest BCUT2D eigenvalue weighted by Crippen LogP contribution is 2.32. The third-order valence-corrected chi connectivity index (χ3v) is 4.32. The third-order valence-electron chi connectivity index (χ3n) is 4.32. The van der Waals surface area contributed by atoms with Crippen LogP contribution < -0.4 is 19.5 Å². The fourth-order valence-corrected chi connectivity index (χ4v) is 2.67. The van der Waals surface area contributed by atoms with Gasteiger partial charge in [0.25, 0.3) is 5.91 Å². The number of benzene rings is 2. The number of nitriles is 1. The zero-order valence-electron chi connectivity index (χ0n) is 16.5. The standard InChI is InChI=1S/C22H20N2O6/c1-14(21(25)24-12-16-5-8-19-20(10-16)29-13-28-19)30-22(26)17(11-23)9-15-3-6-18(27-2)7-4-15/h3-10,14H,12-13H2,1-2H3,(H,24,25)/b17-9+/t14-/m1/s1. The Hall–Kier alpha value is -3.99. The molecule has 30 heavy (non-hydrogen) atoms. The van der Waals surface area contributed by atoms with E-state index in [0.717, 1.165) is 5.56 Å².